The third kappa shape index (κ3) is 1.83. The Bertz CT molecular complexity index is 530. The van der Waals surface area contributed by atoms with Gasteiger partial charge in [-0.15, -0.1) is 0 Å². The fraction of sp³-hybridized carbons (Fsp3) is 0.810. The van der Waals surface area contributed by atoms with Crippen molar-refractivity contribution in [2.75, 3.05) is 7.11 Å². The largest absolute Gasteiger partial charge is 0.501 e. The number of rotatable bonds is 1. The van der Waals surface area contributed by atoms with E-state index in [-0.39, 0.29) is 0 Å². The summed E-state index contributed by atoms with van der Waals surface area (Å²) in [6.07, 6.45) is 14.5. The Balaban J connectivity index is 1.69. The molecule has 0 bridgehead atoms. The number of hydrogen-bond acceptors (Lipinski definition) is 1. The minimum Gasteiger partial charge on any atom is -0.501 e. The van der Waals surface area contributed by atoms with Crippen LogP contribution in [0.5, 0.6) is 0 Å². The molecule has 1 heteroatoms. The second-order valence-corrected chi connectivity index (χ2v) is 9.03. The summed E-state index contributed by atoms with van der Waals surface area (Å²) in [7, 11) is 1.83. The molecule has 0 aromatic carbocycles. The maximum atomic E-state index is 5.54. The van der Waals surface area contributed by atoms with Gasteiger partial charge in [-0.2, -0.15) is 0 Å². The van der Waals surface area contributed by atoms with Crippen LogP contribution in [0.3, 0.4) is 0 Å². The molecular weight excluding hydrogens is 268 g/mol. The molecular formula is C21H32O. The van der Waals surface area contributed by atoms with Gasteiger partial charge in [0.15, 0.2) is 0 Å². The number of hydrogen-bond donors (Lipinski definition) is 0. The zero-order valence-corrected chi connectivity index (χ0v) is 14.8. The molecule has 1 nitrogen and oxygen atoms in total. The Hall–Kier alpha value is -0.720. The van der Waals surface area contributed by atoms with E-state index < -0.39 is 0 Å². The quantitative estimate of drug-likeness (QED) is 0.601. The summed E-state index contributed by atoms with van der Waals surface area (Å²) in [4.78, 5) is 0. The molecule has 0 N–H and O–H groups in total. The highest BCUT2D eigenvalue weighted by atomic mass is 16.5. The molecule has 4 aliphatic carbocycles. The van der Waals surface area contributed by atoms with Crippen molar-refractivity contribution < 1.29 is 4.74 Å². The lowest BCUT2D eigenvalue weighted by Crippen LogP contribution is -2.49. The highest BCUT2D eigenvalue weighted by Gasteiger charge is 2.57. The van der Waals surface area contributed by atoms with Crippen LogP contribution in [0.2, 0.25) is 0 Å². The lowest BCUT2D eigenvalue weighted by molar-refractivity contribution is -0.0343. The van der Waals surface area contributed by atoms with Crippen LogP contribution in [-0.4, -0.2) is 7.11 Å². The summed E-state index contributed by atoms with van der Waals surface area (Å²) < 4.78 is 5.54. The minimum atomic E-state index is 0.415. The normalized spacial score (nSPS) is 50.4. The van der Waals surface area contributed by atoms with E-state index in [1.165, 1.54) is 44.3 Å². The van der Waals surface area contributed by atoms with Gasteiger partial charge in [0.25, 0.3) is 0 Å². The molecule has 0 amide bonds. The Kier molecular flexibility index (Phi) is 3.30. The summed E-state index contributed by atoms with van der Waals surface area (Å²) in [5, 5.41) is 0. The molecule has 2 fully saturated rings. The lowest BCUT2D eigenvalue weighted by Gasteiger charge is -2.57. The van der Waals surface area contributed by atoms with Crippen LogP contribution in [0, 0.1) is 34.5 Å². The first kappa shape index (κ1) is 14.8. The van der Waals surface area contributed by atoms with Crippen molar-refractivity contribution in [3.8, 4) is 0 Å². The number of methoxy groups -OCH3 is 1. The molecule has 122 valence electrons. The lowest BCUT2D eigenvalue weighted by atomic mass is 9.48. The standard InChI is InChI=1S/C21H32O/c1-14-5-8-18-17-7-6-15-13-16(22-4)9-11-21(15,3)19(17)10-12-20(14,18)2/h6,13-14,17-19H,5,7-12H2,1-4H3/t14-,17?,18?,19?,20+,21-/m0/s1. The van der Waals surface area contributed by atoms with Crippen LogP contribution < -0.4 is 0 Å². The van der Waals surface area contributed by atoms with Crippen LogP contribution in [-0.2, 0) is 4.74 Å². The van der Waals surface area contributed by atoms with Crippen molar-refractivity contribution in [1.82, 2.24) is 0 Å². The van der Waals surface area contributed by atoms with Crippen LogP contribution in [0.4, 0.5) is 0 Å². The highest BCUT2D eigenvalue weighted by Crippen LogP contribution is 2.65. The van der Waals surface area contributed by atoms with E-state index in [2.05, 4.69) is 32.9 Å². The van der Waals surface area contributed by atoms with E-state index >= 15 is 0 Å². The van der Waals surface area contributed by atoms with Crippen molar-refractivity contribution in [3.05, 3.63) is 23.5 Å². The third-order valence-corrected chi connectivity index (χ3v) is 8.47. The molecule has 4 rings (SSSR count). The van der Waals surface area contributed by atoms with Gasteiger partial charge in [-0.3, -0.25) is 0 Å². The highest BCUT2D eigenvalue weighted by molar-refractivity contribution is 5.35. The SMILES string of the molecule is COC1=CC2=CCC3C(CC[C@@]4(C)C3CC[C@@H]4C)[C@@]2(C)CC1. The average molecular weight is 300 g/mol. The second-order valence-electron chi connectivity index (χ2n) is 9.03. The molecule has 0 spiro atoms. The van der Waals surface area contributed by atoms with E-state index in [0.29, 0.717) is 10.8 Å². The third-order valence-electron chi connectivity index (χ3n) is 8.47. The summed E-state index contributed by atoms with van der Waals surface area (Å²) >= 11 is 0. The Morgan fingerprint density at radius 2 is 1.91 bits per heavy atom. The Labute approximate surface area is 136 Å². The van der Waals surface area contributed by atoms with Gasteiger partial charge < -0.3 is 4.74 Å². The van der Waals surface area contributed by atoms with E-state index in [0.717, 1.165) is 30.1 Å². The molecule has 4 aliphatic rings. The summed E-state index contributed by atoms with van der Waals surface area (Å²) in [5.41, 5.74) is 2.63. The predicted molar refractivity (Wildman–Crippen MR) is 91.3 cm³/mol. The smallest absolute Gasteiger partial charge is 0.0958 e. The average Bonchev–Trinajstić information content (AvgIpc) is 2.82. The van der Waals surface area contributed by atoms with Gasteiger partial charge in [-0.05, 0) is 84.7 Å². The van der Waals surface area contributed by atoms with Gasteiger partial charge >= 0.3 is 0 Å². The first-order valence-electron chi connectivity index (χ1n) is 9.44. The Morgan fingerprint density at radius 3 is 2.68 bits per heavy atom. The maximum absolute atomic E-state index is 5.54. The molecule has 0 aromatic rings. The van der Waals surface area contributed by atoms with Crippen LogP contribution >= 0.6 is 0 Å². The molecule has 0 aliphatic heterocycles. The van der Waals surface area contributed by atoms with Crippen molar-refractivity contribution in [1.29, 1.82) is 0 Å². The van der Waals surface area contributed by atoms with E-state index in [1.807, 2.05) is 7.11 Å². The predicted octanol–water partition coefficient (Wildman–Crippen LogP) is 5.73. The molecule has 3 unspecified atom stereocenters. The topological polar surface area (TPSA) is 9.23 Å². The van der Waals surface area contributed by atoms with Crippen LogP contribution in [0.15, 0.2) is 23.5 Å². The van der Waals surface area contributed by atoms with Crippen LogP contribution in [0.25, 0.3) is 0 Å². The molecule has 2 saturated carbocycles. The first-order valence-corrected chi connectivity index (χ1v) is 9.44. The zero-order valence-electron chi connectivity index (χ0n) is 14.8. The van der Waals surface area contributed by atoms with E-state index in [1.54, 1.807) is 5.57 Å². The van der Waals surface area contributed by atoms with Crippen molar-refractivity contribution in [2.45, 2.75) is 65.7 Å². The molecule has 0 saturated heterocycles. The Morgan fingerprint density at radius 1 is 1.09 bits per heavy atom. The summed E-state index contributed by atoms with van der Waals surface area (Å²) in [6, 6.07) is 0. The summed E-state index contributed by atoms with van der Waals surface area (Å²) in [6.45, 7) is 7.68. The number of ether oxygens (including phenoxy) is 1. The molecule has 22 heavy (non-hydrogen) atoms. The van der Waals surface area contributed by atoms with E-state index in [9.17, 15) is 0 Å². The number of fused-ring (bicyclic) bond motifs is 5. The van der Waals surface area contributed by atoms with E-state index in [4.69, 9.17) is 4.74 Å². The maximum Gasteiger partial charge on any atom is 0.0958 e. The van der Waals surface area contributed by atoms with Gasteiger partial charge in [0.1, 0.15) is 0 Å². The molecule has 6 atom stereocenters. The fourth-order valence-corrected chi connectivity index (χ4v) is 6.72. The monoisotopic (exact) mass is 300 g/mol. The van der Waals surface area contributed by atoms with Crippen LogP contribution in [0.1, 0.15) is 65.7 Å². The second kappa shape index (κ2) is 4.89. The van der Waals surface area contributed by atoms with Crippen molar-refractivity contribution in [2.24, 2.45) is 34.5 Å². The number of allylic oxidation sites excluding steroid dienone is 4. The first-order chi connectivity index (χ1) is 10.5. The van der Waals surface area contributed by atoms with Gasteiger partial charge in [-0.25, -0.2) is 0 Å². The molecule has 0 radical (unpaired) electrons. The van der Waals surface area contributed by atoms with Gasteiger partial charge in [0, 0.05) is 6.42 Å². The fourth-order valence-electron chi connectivity index (χ4n) is 6.72. The minimum absolute atomic E-state index is 0.415. The van der Waals surface area contributed by atoms with Crippen molar-refractivity contribution >= 4 is 0 Å². The van der Waals surface area contributed by atoms with Gasteiger partial charge in [0.2, 0.25) is 0 Å². The van der Waals surface area contributed by atoms with Gasteiger partial charge in [0.05, 0.1) is 12.9 Å². The molecule has 0 heterocycles. The summed E-state index contributed by atoms with van der Waals surface area (Å²) in [5.74, 6) is 4.95. The van der Waals surface area contributed by atoms with Gasteiger partial charge in [-0.1, -0.05) is 26.8 Å². The zero-order chi connectivity index (χ0) is 15.5. The van der Waals surface area contributed by atoms with Crippen molar-refractivity contribution in [3.63, 3.8) is 0 Å². The molecule has 0 aromatic heterocycles.